The molecule has 102 valence electrons. The van der Waals surface area contributed by atoms with Gasteiger partial charge in [0.2, 0.25) is 0 Å². The molecule has 2 rings (SSSR count). The number of aromatic nitrogens is 3. The Morgan fingerprint density at radius 2 is 2.21 bits per heavy atom. The third-order valence-corrected chi connectivity index (χ3v) is 3.21. The van der Waals surface area contributed by atoms with Crippen LogP contribution in [0.4, 0.5) is 0 Å². The molecule has 0 unspecified atom stereocenters. The van der Waals surface area contributed by atoms with Crippen LogP contribution in [0.25, 0.3) is 10.9 Å². The second-order valence-electron chi connectivity index (χ2n) is 4.01. The standard InChI is InChI=1S/C11H12ClN3O3S/c1-14-8-6-13-9(12)5-7(8)10(16)15(11(14)17)3-2-4-18-19/h5-6,19H,2-4H2,1H3. The fraction of sp³-hybridized carbons (Fsp3) is 0.364. The first-order chi connectivity index (χ1) is 9.06. The lowest BCUT2D eigenvalue weighted by atomic mass is 10.3. The maximum Gasteiger partial charge on any atom is 0.331 e. The van der Waals surface area contributed by atoms with Crippen LogP contribution in [0, 0.1) is 0 Å². The fourth-order valence-corrected chi connectivity index (χ4v) is 2.15. The summed E-state index contributed by atoms with van der Waals surface area (Å²) in [6.45, 7) is 0.621. The van der Waals surface area contributed by atoms with E-state index in [-0.39, 0.29) is 22.9 Å². The number of rotatable bonds is 4. The average molecular weight is 302 g/mol. The summed E-state index contributed by atoms with van der Waals surface area (Å²) in [6.07, 6.45) is 1.94. The second-order valence-corrected chi connectivity index (χ2v) is 4.65. The molecule has 0 spiro atoms. The van der Waals surface area contributed by atoms with Gasteiger partial charge in [0.15, 0.2) is 0 Å². The number of pyridine rings is 1. The molecule has 2 aromatic rings. The minimum absolute atomic E-state index is 0.216. The lowest BCUT2D eigenvalue weighted by Gasteiger charge is -2.10. The van der Waals surface area contributed by atoms with Crippen LogP contribution in [-0.4, -0.2) is 20.7 Å². The van der Waals surface area contributed by atoms with Crippen LogP contribution in [0.5, 0.6) is 0 Å². The maximum absolute atomic E-state index is 12.3. The van der Waals surface area contributed by atoms with Crippen molar-refractivity contribution < 1.29 is 4.18 Å². The monoisotopic (exact) mass is 301 g/mol. The normalized spacial score (nSPS) is 11.1. The van der Waals surface area contributed by atoms with Gasteiger partial charge in [0.1, 0.15) is 5.15 Å². The predicted molar refractivity (Wildman–Crippen MR) is 75.8 cm³/mol. The topological polar surface area (TPSA) is 66.1 Å². The average Bonchev–Trinajstić information content (AvgIpc) is 2.40. The Labute approximate surface area is 119 Å². The highest BCUT2D eigenvalue weighted by Gasteiger charge is 2.11. The van der Waals surface area contributed by atoms with Gasteiger partial charge in [-0.25, -0.2) is 9.78 Å². The van der Waals surface area contributed by atoms with Crippen molar-refractivity contribution in [2.75, 3.05) is 6.61 Å². The molecular formula is C11H12ClN3O3S. The van der Waals surface area contributed by atoms with Gasteiger partial charge in [-0.3, -0.25) is 13.9 Å². The Morgan fingerprint density at radius 3 is 2.89 bits per heavy atom. The second kappa shape index (κ2) is 5.77. The molecule has 0 N–H and O–H groups in total. The lowest BCUT2D eigenvalue weighted by molar-refractivity contribution is 0.354. The molecule has 0 saturated heterocycles. The summed E-state index contributed by atoms with van der Waals surface area (Å²) in [4.78, 5) is 28.2. The highest BCUT2D eigenvalue weighted by atomic mass is 35.5. The SMILES string of the molecule is Cn1c(=O)n(CCCOS)c(=O)c2cc(Cl)ncc21. The Hall–Kier alpha value is -1.31. The minimum atomic E-state index is -0.388. The van der Waals surface area contributed by atoms with Crippen LogP contribution in [0.1, 0.15) is 6.42 Å². The highest BCUT2D eigenvalue weighted by Crippen LogP contribution is 2.11. The van der Waals surface area contributed by atoms with Gasteiger partial charge in [-0.05, 0) is 25.4 Å². The third kappa shape index (κ3) is 2.68. The molecule has 2 heterocycles. The summed E-state index contributed by atoms with van der Waals surface area (Å²) in [7, 11) is 1.59. The van der Waals surface area contributed by atoms with Gasteiger partial charge in [0.05, 0.1) is 23.7 Å². The van der Waals surface area contributed by atoms with Gasteiger partial charge >= 0.3 is 5.69 Å². The van der Waals surface area contributed by atoms with Crippen LogP contribution in [0.15, 0.2) is 21.9 Å². The first-order valence-corrected chi connectivity index (χ1v) is 6.32. The van der Waals surface area contributed by atoms with E-state index in [1.54, 1.807) is 7.05 Å². The van der Waals surface area contributed by atoms with E-state index >= 15 is 0 Å². The smallest absolute Gasteiger partial charge is 0.318 e. The molecule has 0 aliphatic carbocycles. The van der Waals surface area contributed by atoms with E-state index in [4.69, 9.17) is 11.6 Å². The van der Waals surface area contributed by atoms with E-state index in [1.165, 1.54) is 16.8 Å². The molecule has 0 amide bonds. The predicted octanol–water partition coefficient (Wildman–Crippen LogP) is 1.00. The molecule has 0 atom stereocenters. The molecule has 0 saturated carbocycles. The van der Waals surface area contributed by atoms with Crippen molar-refractivity contribution in [3.8, 4) is 0 Å². The van der Waals surface area contributed by atoms with Crippen molar-refractivity contribution in [2.24, 2.45) is 7.05 Å². The zero-order valence-electron chi connectivity index (χ0n) is 10.2. The first kappa shape index (κ1) is 14.1. The van der Waals surface area contributed by atoms with Crippen molar-refractivity contribution >= 4 is 35.4 Å². The van der Waals surface area contributed by atoms with E-state index in [2.05, 4.69) is 22.1 Å². The Bertz CT molecular complexity index is 725. The number of nitrogens with zero attached hydrogens (tertiary/aromatic N) is 3. The molecule has 2 aromatic heterocycles. The Balaban J connectivity index is 2.65. The lowest BCUT2D eigenvalue weighted by Crippen LogP contribution is -2.39. The number of aryl methyl sites for hydroxylation is 1. The summed E-state index contributed by atoms with van der Waals surface area (Å²) >= 11 is 9.40. The quantitative estimate of drug-likeness (QED) is 0.396. The first-order valence-electron chi connectivity index (χ1n) is 5.57. The molecule has 0 bridgehead atoms. The highest BCUT2D eigenvalue weighted by molar-refractivity contribution is 7.75. The molecule has 8 heteroatoms. The Morgan fingerprint density at radius 1 is 1.47 bits per heavy atom. The van der Waals surface area contributed by atoms with Gasteiger partial charge in [0.25, 0.3) is 5.56 Å². The van der Waals surface area contributed by atoms with Crippen molar-refractivity contribution in [3.05, 3.63) is 38.3 Å². The third-order valence-electron chi connectivity index (χ3n) is 2.82. The zero-order chi connectivity index (χ0) is 14.0. The number of thiol groups is 1. The van der Waals surface area contributed by atoms with E-state index in [9.17, 15) is 9.59 Å². The van der Waals surface area contributed by atoms with Gasteiger partial charge in [0, 0.05) is 13.6 Å². The Kier molecular flexibility index (Phi) is 4.28. The number of hydrogen-bond acceptors (Lipinski definition) is 5. The maximum atomic E-state index is 12.3. The van der Waals surface area contributed by atoms with Crippen LogP contribution in [0.2, 0.25) is 5.15 Å². The van der Waals surface area contributed by atoms with Gasteiger partial charge in [-0.2, -0.15) is 0 Å². The van der Waals surface area contributed by atoms with Gasteiger partial charge in [-0.15, -0.1) is 0 Å². The zero-order valence-corrected chi connectivity index (χ0v) is 11.8. The van der Waals surface area contributed by atoms with E-state index in [0.29, 0.717) is 23.9 Å². The molecule has 6 nitrogen and oxygen atoms in total. The summed E-state index contributed by atoms with van der Waals surface area (Å²) in [6, 6.07) is 1.46. The van der Waals surface area contributed by atoms with Crippen molar-refractivity contribution in [2.45, 2.75) is 13.0 Å². The molecule has 0 aliphatic rings. The van der Waals surface area contributed by atoms with Crippen LogP contribution in [0.3, 0.4) is 0 Å². The van der Waals surface area contributed by atoms with Gasteiger partial charge < -0.3 is 4.18 Å². The van der Waals surface area contributed by atoms with E-state index in [1.807, 2.05) is 0 Å². The number of hydrogen-bond donors (Lipinski definition) is 1. The van der Waals surface area contributed by atoms with E-state index in [0.717, 1.165) is 4.57 Å². The van der Waals surface area contributed by atoms with Crippen LogP contribution in [-0.2, 0) is 17.8 Å². The largest absolute Gasteiger partial charge is 0.331 e. The molecular weight excluding hydrogens is 290 g/mol. The van der Waals surface area contributed by atoms with Crippen molar-refractivity contribution in [3.63, 3.8) is 0 Å². The van der Waals surface area contributed by atoms with Gasteiger partial charge in [-0.1, -0.05) is 11.6 Å². The van der Waals surface area contributed by atoms with E-state index < -0.39 is 0 Å². The molecule has 0 aromatic carbocycles. The number of halogens is 1. The minimum Gasteiger partial charge on any atom is -0.318 e. The number of fused-ring (bicyclic) bond motifs is 1. The van der Waals surface area contributed by atoms with Crippen LogP contribution >= 0.6 is 24.5 Å². The summed E-state index contributed by atoms with van der Waals surface area (Å²) in [5.74, 6) is 0. The van der Waals surface area contributed by atoms with Crippen LogP contribution < -0.4 is 11.2 Å². The fourth-order valence-electron chi connectivity index (χ4n) is 1.86. The molecule has 19 heavy (non-hydrogen) atoms. The van der Waals surface area contributed by atoms with Crippen molar-refractivity contribution in [1.82, 2.24) is 14.1 Å². The summed E-state index contributed by atoms with van der Waals surface area (Å²) < 4.78 is 7.15. The van der Waals surface area contributed by atoms with Crippen molar-refractivity contribution in [1.29, 1.82) is 0 Å². The molecule has 0 aliphatic heterocycles. The molecule has 0 radical (unpaired) electrons. The molecule has 0 fully saturated rings. The summed E-state index contributed by atoms with van der Waals surface area (Å²) in [5, 5.41) is 0.586. The summed E-state index contributed by atoms with van der Waals surface area (Å²) in [5.41, 5.74) is -0.302.